The second-order valence-corrected chi connectivity index (χ2v) is 6.69. The van der Waals surface area contributed by atoms with E-state index in [0.717, 1.165) is 24.9 Å². The molecule has 0 aromatic heterocycles. The summed E-state index contributed by atoms with van der Waals surface area (Å²) in [5.74, 6) is 0.364. The number of hydrogen-bond acceptors (Lipinski definition) is 3. The van der Waals surface area contributed by atoms with Crippen LogP contribution in [0.5, 0.6) is 0 Å². The third kappa shape index (κ3) is 5.65. The fourth-order valence-corrected chi connectivity index (χ4v) is 3.79. The lowest BCUT2D eigenvalue weighted by Gasteiger charge is -2.17. The highest BCUT2D eigenvalue weighted by Gasteiger charge is 2.18. The molecule has 1 unspecified atom stereocenters. The zero-order valence-corrected chi connectivity index (χ0v) is 12.0. The van der Waals surface area contributed by atoms with Gasteiger partial charge in [-0.1, -0.05) is 50.6 Å². The molecule has 1 aromatic carbocycles. The molecule has 0 bridgehead atoms. The Balaban J connectivity index is 2.63. The quantitative estimate of drug-likeness (QED) is 0.788. The molecule has 4 heteroatoms. The highest BCUT2D eigenvalue weighted by molar-refractivity contribution is 7.90. The lowest BCUT2D eigenvalue weighted by atomic mass is 10.2. The molecule has 0 aliphatic carbocycles. The van der Waals surface area contributed by atoms with Crippen molar-refractivity contribution < 1.29 is 8.42 Å². The van der Waals surface area contributed by atoms with Crippen LogP contribution in [0.2, 0.25) is 0 Å². The monoisotopic (exact) mass is 269 g/mol. The highest BCUT2D eigenvalue weighted by atomic mass is 32.2. The van der Waals surface area contributed by atoms with Crippen molar-refractivity contribution in [2.45, 2.75) is 38.5 Å². The maximum absolute atomic E-state index is 12.1. The van der Waals surface area contributed by atoms with Crippen LogP contribution in [0.15, 0.2) is 30.3 Å². The van der Waals surface area contributed by atoms with Gasteiger partial charge in [-0.3, -0.25) is 0 Å². The van der Waals surface area contributed by atoms with Gasteiger partial charge in [-0.2, -0.15) is 0 Å². The van der Waals surface area contributed by atoms with E-state index in [0.29, 0.717) is 0 Å². The largest absolute Gasteiger partial charge is 0.313 e. The SMILES string of the molecule is CCCC(CS(=O)(=O)Cc1ccccc1)NCC. The van der Waals surface area contributed by atoms with Gasteiger partial charge in [-0.25, -0.2) is 8.42 Å². The van der Waals surface area contributed by atoms with Gasteiger partial charge >= 0.3 is 0 Å². The van der Waals surface area contributed by atoms with Crippen molar-refractivity contribution in [2.75, 3.05) is 12.3 Å². The second kappa shape index (κ2) is 7.54. The van der Waals surface area contributed by atoms with Gasteiger partial charge in [0.1, 0.15) is 0 Å². The van der Waals surface area contributed by atoms with Crippen molar-refractivity contribution in [2.24, 2.45) is 0 Å². The summed E-state index contributed by atoms with van der Waals surface area (Å²) in [5, 5.41) is 3.25. The molecule has 0 saturated heterocycles. The second-order valence-electron chi connectivity index (χ2n) is 4.58. The molecule has 0 saturated carbocycles. The minimum atomic E-state index is -3.04. The van der Waals surface area contributed by atoms with E-state index in [1.807, 2.05) is 37.3 Å². The van der Waals surface area contributed by atoms with Gasteiger partial charge in [0, 0.05) is 6.04 Å². The Kier molecular flexibility index (Phi) is 6.36. The van der Waals surface area contributed by atoms with Crippen molar-refractivity contribution in [3.05, 3.63) is 35.9 Å². The van der Waals surface area contributed by atoms with Gasteiger partial charge in [-0.15, -0.1) is 0 Å². The number of nitrogens with one attached hydrogen (secondary N) is 1. The normalized spacial score (nSPS) is 13.4. The number of sulfone groups is 1. The van der Waals surface area contributed by atoms with E-state index in [1.165, 1.54) is 0 Å². The van der Waals surface area contributed by atoms with Crippen LogP contribution in [0, 0.1) is 0 Å². The minimum Gasteiger partial charge on any atom is -0.313 e. The highest BCUT2D eigenvalue weighted by Crippen LogP contribution is 2.09. The van der Waals surface area contributed by atoms with Crippen molar-refractivity contribution in [1.82, 2.24) is 5.32 Å². The molecule has 1 atom stereocenters. The molecule has 0 amide bonds. The molecule has 0 aliphatic rings. The van der Waals surface area contributed by atoms with Crippen LogP contribution in [0.3, 0.4) is 0 Å². The summed E-state index contributed by atoms with van der Waals surface area (Å²) < 4.78 is 24.2. The van der Waals surface area contributed by atoms with E-state index in [1.54, 1.807) is 0 Å². The lowest BCUT2D eigenvalue weighted by molar-refractivity contribution is 0.512. The van der Waals surface area contributed by atoms with E-state index >= 15 is 0 Å². The van der Waals surface area contributed by atoms with Crippen molar-refractivity contribution in [3.63, 3.8) is 0 Å². The third-order valence-corrected chi connectivity index (χ3v) is 4.50. The molecule has 0 spiro atoms. The maximum Gasteiger partial charge on any atom is 0.155 e. The fraction of sp³-hybridized carbons (Fsp3) is 0.571. The topological polar surface area (TPSA) is 46.2 Å². The van der Waals surface area contributed by atoms with Gasteiger partial charge in [0.05, 0.1) is 11.5 Å². The molecule has 1 aromatic rings. The Hall–Kier alpha value is -0.870. The van der Waals surface area contributed by atoms with Gasteiger partial charge in [0.25, 0.3) is 0 Å². The van der Waals surface area contributed by atoms with Gasteiger partial charge in [0.15, 0.2) is 9.84 Å². The summed E-state index contributed by atoms with van der Waals surface area (Å²) in [6.07, 6.45) is 1.90. The summed E-state index contributed by atoms with van der Waals surface area (Å²) >= 11 is 0. The van der Waals surface area contributed by atoms with Crippen molar-refractivity contribution in [3.8, 4) is 0 Å². The number of benzene rings is 1. The van der Waals surface area contributed by atoms with Crippen molar-refractivity contribution >= 4 is 9.84 Å². The maximum atomic E-state index is 12.1. The van der Waals surface area contributed by atoms with Crippen LogP contribution in [-0.4, -0.2) is 26.8 Å². The first-order valence-electron chi connectivity index (χ1n) is 6.55. The first-order chi connectivity index (χ1) is 8.57. The summed E-state index contributed by atoms with van der Waals surface area (Å²) in [4.78, 5) is 0. The summed E-state index contributed by atoms with van der Waals surface area (Å²) in [6.45, 7) is 4.89. The average Bonchev–Trinajstić information content (AvgIpc) is 2.29. The molecule has 102 valence electrons. The minimum absolute atomic E-state index is 0.0775. The van der Waals surface area contributed by atoms with Crippen LogP contribution in [0.1, 0.15) is 32.3 Å². The molecule has 0 fully saturated rings. The van der Waals surface area contributed by atoms with E-state index in [-0.39, 0.29) is 17.5 Å². The Morgan fingerprint density at radius 2 is 1.83 bits per heavy atom. The van der Waals surface area contributed by atoms with Crippen LogP contribution < -0.4 is 5.32 Å². The van der Waals surface area contributed by atoms with Crippen molar-refractivity contribution in [1.29, 1.82) is 0 Å². The predicted octanol–water partition coefficient (Wildman–Crippen LogP) is 2.38. The van der Waals surface area contributed by atoms with Gasteiger partial charge < -0.3 is 5.32 Å². The first-order valence-corrected chi connectivity index (χ1v) is 8.37. The molecule has 1 N–H and O–H groups in total. The smallest absolute Gasteiger partial charge is 0.155 e. The van der Waals surface area contributed by atoms with E-state index in [9.17, 15) is 8.42 Å². The standard InChI is InChI=1S/C14H23NO2S/c1-3-8-14(15-4-2)12-18(16,17)11-13-9-6-5-7-10-13/h5-7,9-10,14-15H,3-4,8,11-12H2,1-2H3. The number of rotatable bonds is 8. The molecule has 18 heavy (non-hydrogen) atoms. The Bertz CT molecular complexity index is 422. The molecule has 0 aliphatic heterocycles. The molecule has 3 nitrogen and oxygen atoms in total. The summed E-state index contributed by atoms with van der Waals surface area (Å²) in [5.41, 5.74) is 0.865. The van der Waals surface area contributed by atoms with Crippen LogP contribution >= 0.6 is 0 Å². The van der Waals surface area contributed by atoms with E-state index < -0.39 is 9.84 Å². The molecular formula is C14H23NO2S. The summed E-state index contributed by atoms with van der Waals surface area (Å²) in [6, 6.07) is 9.44. The van der Waals surface area contributed by atoms with Gasteiger partial charge in [-0.05, 0) is 18.5 Å². The lowest BCUT2D eigenvalue weighted by Crippen LogP contribution is -2.35. The predicted molar refractivity (Wildman–Crippen MR) is 76.3 cm³/mol. The fourth-order valence-electron chi connectivity index (χ4n) is 2.08. The third-order valence-electron chi connectivity index (χ3n) is 2.81. The first kappa shape index (κ1) is 15.2. The van der Waals surface area contributed by atoms with Crippen LogP contribution in [0.4, 0.5) is 0 Å². The summed E-state index contributed by atoms with van der Waals surface area (Å²) in [7, 11) is -3.04. The number of hydrogen-bond donors (Lipinski definition) is 1. The average molecular weight is 269 g/mol. The molecule has 0 radical (unpaired) electrons. The zero-order chi connectivity index (χ0) is 13.4. The zero-order valence-electron chi connectivity index (χ0n) is 11.2. The molecule has 0 heterocycles. The van der Waals surface area contributed by atoms with E-state index in [2.05, 4.69) is 12.2 Å². The van der Waals surface area contributed by atoms with Gasteiger partial charge in [0.2, 0.25) is 0 Å². The van der Waals surface area contributed by atoms with Crippen LogP contribution in [-0.2, 0) is 15.6 Å². The van der Waals surface area contributed by atoms with E-state index in [4.69, 9.17) is 0 Å². The molecule has 1 rings (SSSR count). The Labute approximate surface area is 111 Å². The Morgan fingerprint density at radius 3 is 2.39 bits per heavy atom. The molecular weight excluding hydrogens is 246 g/mol. The van der Waals surface area contributed by atoms with Crippen LogP contribution in [0.25, 0.3) is 0 Å². The Morgan fingerprint density at radius 1 is 1.17 bits per heavy atom.